The largest absolute Gasteiger partial charge is 0.0917 e. The molecule has 0 heteroatoms. The summed E-state index contributed by atoms with van der Waals surface area (Å²) >= 11 is 0. The molecule has 0 saturated carbocycles. The van der Waals surface area contributed by atoms with Crippen molar-refractivity contribution in [3.05, 3.63) is 66.3 Å². The number of benzene rings is 1. The Labute approximate surface area is 72.5 Å². The third kappa shape index (κ3) is 1.24. The molecule has 0 unspecified atom stereocenters. The summed E-state index contributed by atoms with van der Waals surface area (Å²) in [6, 6.07) is 10.3. The summed E-state index contributed by atoms with van der Waals surface area (Å²) in [6.07, 6.45) is 6.22. The van der Waals surface area contributed by atoms with Crippen LogP contribution in [0.25, 0.3) is 5.57 Å². The fourth-order valence-electron chi connectivity index (χ4n) is 1.30. The third-order valence-corrected chi connectivity index (χ3v) is 1.92. The summed E-state index contributed by atoms with van der Waals surface area (Å²) in [7, 11) is 0. The molecule has 0 bridgehead atoms. The van der Waals surface area contributed by atoms with Crippen LogP contribution >= 0.6 is 0 Å². The first-order chi connectivity index (χ1) is 5.86. The van der Waals surface area contributed by atoms with Crippen molar-refractivity contribution < 1.29 is 0 Å². The van der Waals surface area contributed by atoms with Crippen LogP contribution in [0.15, 0.2) is 60.7 Å². The average Bonchev–Trinajstić information content (AvgIpc) is 2.54. The van der Waals surface area contributed by atoms with E-state index in [1.54, 1.807) is 0 Å². The van der Waals surface area contributed by atoms with Crippen LogP contribution in [0.2, 0.25) is 0 Å². The van der Waals surface area contributed by atoms with Crippen molar-refractivity contribution in [3.63, 3.8) is 0 Å². The molecule has 2 rings (SSSR count). The van der Waals surface area contributed by atoms with E-state index >= 15 is 0 Å². The van der Waals surface area contributed by atoms with E-state index in [-0.39, 0.29) is 0 Å². The molecule has 0 radical (unpaired) electrons. The number of hydrogen-bond donors (Lipinski definition) is 0. The highest BCUT2D eigenvalue weighted by Gasteiger charge is 2.01. The van der Waals surface area contributed by atoms with Crippen molar-refractivity contribution in [3.8, 4) is 0 Å². The minimum Gasteiger partial charge on any atom is -0.0917 e. The first kappa shape index (κ1) is 7.11. The van der Waals surface area contributed by atoms with Gasteiger partial charge in [-0.25, -0.2) is 0 Å². The zero-order valence-corrected chi connectivity index (χ0v) is 6.83. The van der Waals surface area contributed by atoms with Gasteiger partial charge in [0.2, 0.25) is 0 Å². The van der Waals surface area contributed by atoms with Crippen LogP contribution in [0.3, 0.4) is 0 Å². The van der Waals surface area contributed by atoms with Crippen molar-refractivity contribution in [1.29, 1.82) is 0 Å². The van der Waals surface area contributed by atoms with Crippen LogP contribution in [-0.4, -0.2) is 0 Å². The lowest BCUT2D eigenvalue weighted by Crippen LogP contribution is -1.75. The van der Waals surface area contributed by atoms with Gasteiger partial charge in [-0.3, -0.25) is 0 Å². The van der Waals surface area contributed by atoms with E-state index in [2.05, 4.69) is 30.9 Å². The highest BCUT2D eigenvalue weighted by Crippen LogP contribution is 2.22. The summed E-state index contributed by atoms with van der Waals surface area (Å²) in [5.41, 5.74) is 3.59. The van der Waals surface area contributed by atoms with Crippen molar-refractivity contribution in [2.24, 2.45) is 0 Å². The van der Waals surface area contributed by atoms with E-state index in [0.717, 1.165) is 5.57 Å². The van der Waals surface area contributed by atoms with Gasteiger partial charge in [0.05, 0.1) is 0 Å². The second-order valence-electron chi connectivity index (χ2n) is 2.87. The number of allylic oxidation sites excluding steroid dienone is 5. The van der Waals surface area contributed by atoms with E-state index in [1.807, 2.05) is 24.3 Å². The Bertz CT molecular complexity index is 353. The maximum Gasteiger partial charge on any atom is -0.0178 e. The SMILES string of the molecule is C=C1C=CC(c2ccccc2)=C1. The second-order valence-corrected chi connectivity index (χ2v) is 2.87. The molecule has 1 aromatic rings. The lowest BCUT2D eigenvalue weighted by molar-refractivity contribution is 1.63. The van der Waals surface area contributed by atoms with Crippen LogP contribution in [-0.2, 0) is 0 Å². The predicted octanol–water partition coefficient (Wildman–Crippen LogP) is 3.20. The maximum atomic E-state index is 3.87. The van der Waals surface area contributed by atoms with E-state index in [4.69, 9.17) is 0 Å². The molecule has 12 heavy (non-hydrogen) atoms. The van der Waals surface area contributed by atoms with Gasteiger partial charge in [0.15, 0.2) is 0 Å². The van der Waals surface area contributed by atoms with Gasteiger partial charge < -0.3 is 0 Å². The number of hydrogen-bond acceptors (Lipinski definition) is 0. The summed E-state index contributed by atoms with van der Waals surface area (Å²) in [5, 5.41) is 0. The van der Waals surface area contributed by atoms with Crippen molar-refractivity contribution >= 4 is 5.57 Å². The van der Waals surface area contributed by atoms with Gasteiger partial charge in [-0.2, -0.15) is 0 Å². The quantitative estimate of drug-likeness (QED) is 0.582. The molecule has 0 atom stereocenters. The van der Waals surface area contributed by atoms with Crippen LogP contribution in [0.1, 0.15) is 5.56 Å². The van der Waals surface area contributed by atoms with Gasteiger partial charge in [0.1, 0.15) is 0 Å². The topological polar surface area (TPSA) is 0 Å². The first-order valence-electron chi connectivity index (χ1n) is 4.00. The molecule has 0 amide bonds. The van der Waals surface area contributed by atoms with Crippen LogP contribution in [0.5, 0.6) is 0 Å². The minimum absolute atomic E-state index is 1.08. The average molecular weight is 154 g/mol. The Morgan fingerprint density at radius 2 is 1.67 bits per heavy atom. The van der Waals surface area contributed by atoms with Gasteiger partial charge in [-0.05, 0) is 22.8 Å². The van der Waals surface area contributed by atoms with Crippen LogP contribution < -0.4 is 0 Å². The van der Waals surface area contributed by atoms with Gasteiger partial charge in [0.25, 0.3) is 0 Å². The predicted molar refractivity (Wildman–Crippen MR) is 52.7 cm³/mol. The molecule has 0 aliphatic heterocycles. The summed E-state index contributed by atoms with van der Waals surface area (Å²) in [6.45, 7) is 3.87. The summed E-state index contributed by atoms with van der Waals surface area (Å²) in [4.78, 5) is 0. The van der Waals surface area contributed by atoms with Crippen LogP contribution in [0.4, 0.5) is 0 Å². The zero-order valence-electron chi connectivity index (χ0n) is 6.83. The van der Waals surface area contributed by atoms with Crippen molar-refractivity contribution in [2.75, 3.05) is 0 Å². The molecule has 0 spiro atoms. The van der Waals surface area contributed by atoms with E-state index in [1.165, 1.54) is 11.1 Å². The lowest BCUT2D eigenvalue weighted by atomic mass is 10.1. The molecule has 0 N–H and O–H groups in total. The standard InChI is InChI=1S/C12H10/c1-10-7-8-12(9-10)11-5-3-2-4-6-11/h2-9H,1H2. The van der Waals surface area contributed by atoms with E-state index in [0.29, 0.717) is 0 Å². The smallest absolute Gasteiger partial charge is 0.0178 e. The fraction of sp³-hybridized carbons (Fsp3) is 0. The first-order valence-corrected chi connectivity index (χ1v) is 4.00. The van der Waals surface area contributed by atoms with Gasteiger partial charge in [0, 0.05) is 0 Å². The summed E-state index contributed by atoms with van der Waals surface area (Å²) in [5.74, 6) is 0. The minimum atomic E-state index is 1.08. The van der Waals surface area contributed by atoms with E-state index in [9.17, 15) is 0 Å². The molecule has 0 heterocycles. The van der Waals surface area contributed by atoms with E-state index < -0.39 is 0 Å². The second kappa shape index (κ2) is 2.82. The molecule has 1 aliphatic carbocycles. The Balaban J connectivity index is 2.40. The Morgan fingerprint density at radius 3 is 2.25 bits per heavy atom. The van der Waals surface area contributed by atoms with Crippen molar-refractivity contribution in [2.45, 2.75) is 0 Å². The third-order valence-electron chi connectivity index (χ3n) is 1.92. The van der Waals surface area contributed by atoms with Crippen molar-refractivity contribution in [1.82, 2.24) is 0 Å². The fourth-order valence-corrected chi connectivity index (χ4v) is 1.30. The molecular weight excluding hydrogens is 144 g/mol. The Kier molecular flexibility index (Phi) is 1.67. The van der Waals surface area contributed by atoms with Gasteiger partial charge in [-0.15, -0.1) is 0 Å². The molecule has 58 valence electrons. The summed E-state index contributed by atoms with van der Waals surface area (Å²) < 4.78 is 0. The highest BCUT2D eigenvalue weighted by molar-refractivity contribution is 5.80. The van der Waals surface area contributed by atoms with Gasteiger partial charge >= 0.3 is 0 Å². The molecular formula is C12H10. The normalized spacial score (nSPS) is 15.0. The lowest BCUT2D eigenvalue weighted by Gasteiger charge is -1.96. The molecule has 1 aromatic carbocycles. The molecule has 0 aromatic heterocycles. The van der Waals surface area contributed by atoms with Gasteiger partial charge in [-0.1, -0.05) is 49.1 Å². The molecule has 1 aliphatic rings. The maximum absolute atomic E-state index is 3.87. The van der Waals surface area contributed by atoms with Crippen LogP contribution in [0, 0.1) is 0 Å². The number of rotatable bonds is 1. The Morgan fingerprint density at radius 1 is 0.917 bits per heavy atom. The molecule has 0 fully saturated rings. The highest BCUT2D eigenvalue weighted by atomic mass is 14.1. The molecule has 0 nitrogen and oxygen atoms in total. The zero-order chi connectivity index (χ0) is 8.39. The Hall–Kier alpha value is -1.56. The molecule has 0 saturated heterocycles. The monoisotopic (exact) mass is 154 g/mol.